The predicted molar refractivity (Wildman–Crippen MR) is 114 cm³/mol. The van der Waals surface area contributed by atoms with Gasteiger partial charge in [0.2, 0.25) is 11.8 Å². The molecule has 31 heavy (non-hydrogen) atoms. The molecular formula is C25H22F2N2O2. The lowest BCUT2D eigenvalue weighted by Crippen LogP contribution is -2.41. The highest BCUT2D eigenvalue weighted by Crippen LogP contribution is 2.38. The third-order valence-corrected chi connectivity index (χ3v) is 5.59. The summed E-state index contributed by atoms with van der Waals surface area (Å²) >= 11 is 0. The normalized spacial score (nSPS) is 16.8. The summed E-state index contributed by atoms with van der Waals surface area (Å²) in [7, 11) is 0. The Labute approximate surface area is 179 Å². The first kappa shape index (κ1) is 20.7. The van der Waals surface area contributed by atoms with Crippen molar-refractivity contribution in [1.82, 2.24) is 4.90 Å². The Morgan fingerprint density at radius 3 is 2.39 bits per heavy atom. The fourth-order valence-electron chi connectivity index (χ4n) is 4.13. The van der Waals surface area contributed by atoms with Gasteiger partial charge in [-0.05, 0) is 47.9 Å². The van der Waals surface area contributed by atoms with Crippen molar-refractivity contribution >= 4 is 17.5 Å². The molecule has 6 heteroatoms. The zero-order valence-corrected chi connectivity index (χ0v) is 17.0. The SMILES string of the molecule is CC[C@@H](C(=O)N1CC(=O)Nc2ccc(F)cc2[C@H]1c1ccc(F)cc1)c1ccccc1. The van der Waals surface area contributed by atoms with Crippen molar-refractivity contribution in [1.29, 1.82) is 0 Å². The summed E-state index contributed by atoms with van der Waals surface area (Å²) < 4.78 is 27.8. The third-order valence-electron chi connectivity index (χ3n) is 5.59. The monoisotopic (exact) mass is 420 g/mol. The highest BCUT2D eigenvalue weighted by molar-refractivity contribution is 5.98. The van der Waals surface area contributed by atoms with Crippen LogP contribution in [0.15, 0.2) is 72.8 Å². The molecule has 1 heterocycles. The molecule has 3 aromatic rings. The van der Waals surface area contributed by atoms with Crippen molar-refractivity contribution in [2.45, 2.75) is 25.3 Å². The number of benzene rings is 3. The van der Waals surface area contributed by atoms with E-state index in [1.165, 1.54) is 35.2 Å². The van der Waals surface area contributed by atoms with E-state index >= 15 is 0 Å². The largest absolute Gasteiger partial charge is 0.324 e. The number of amides is 2. The number of nitrogens with zero attached hydrogens (tertiary/aromatic N) is 1. The van der Waals surface area contributed by atoms with E-state index in [4.69, 9.17) is 0 Å². The second kappa shape index (κ2) is 8.68. The second-order valence-corrected chi connectivity index (χ2v) is 7.57. The number of carbonyl (C=O) groups is 2. The third kappa shape index (κ3) is 4.19. The average Bonchev–Trinajstić information content (AvgIpc) is 2.91. The lowest BCUT2D eigenvalue weighted by atomic mass is 9.91. The van der Waals surface area contributed by atoms with Gasteiger partial charge in [0.1, 0.15) is 18.2 Å². The van der Waals surface area contributed by atoms with Gasteiger partial charge in [-0.15, -0.1) is 0 Å². The van der Waals surface area contributed by atoms with E-state index in [1.807, 2.05) is 37.3 Å². The van der Waals surface area contributed by atoms with Gasteiger partial charge >= 0.3 is 0 Å². The molecule has 2 amide bonds. The number of fused-ring (bicyclic) bond motifs is 1. The molecule has 0 saturated heterocycles. The minimum Gasteiger partial charge on any atom is -0.324 e. The second-order valence-electron chi connectivity index (χ2n) is 7.57. The van der Waals surface area contributed by atoms with Crippen LogP contribution in [0.3, 0.4) is 0 Å². The van der Waals surface area contributed by atoms with Crippen molar-refractivity contribution in [2.24, 2.45) is 0 Å². The van der Waals surface area contributed by atoms with Crippen LogP contribution >= 0.6 is 0 Å². The van der Waals surface area contributed by atoms with Crippen molar-refractivity contribution in [2.75, 3.05) is 11.9 Å². The van der Waals surface area contributed by atoms with Crippen LogP contribution in [0.25, 0.3) is 0 Å². The molecule has 0 fully saturated rings. The summed E-state index contributed by atoms with van der Waals surface area (Å²) in [4.78, 5) is 27.9. The predicted octanol–water partition coefficient (Wildman–Crippen LogP) is 5.03. The van der Waals surface area contributed by atoms with Gasteiger partial charge in [0.05, 0.1) is 12.0 Å². The van der Waals surface area contributed by atoms with Crippen LogP contribution in [-0.4, -0.2) is 23.3 Å². The fraction of sp³-hybridized carbons (Fsp3) is 0.200. The van der Waals surface area contributed by atoms with Crippen molar-refractivity contribution in [3.63, 3.8) is 0 Å². The van der Waals surface area contributed by atoms with Crippen LogP contribution in [-0.2, 0) is 9.59 Å². The zero-order valence-electron chi connectivity index (χ0n) is 17.0. The molecule has 0 bridgehead atoms. The van der Waals surface area contributed by atoms with Gasteiger partial charge in [0, 0.05) is 11.3 Å². The van der Waals surface area contributed by atoms with E-state index < -0.39 is 23.6 Å². The quantitative estimate of drug-likeness (QED) is 0.644. The first-order valence-electron chi connectivity index (χ1n) is 10.2. The average molecular weight is 420 g/mol. The minimum atomic E-state index is -0.740. The maximum absolute atomic E-state index is 14.2. The Morgan fingerprint density at radius 1 is 1.03 bits per heavy atom. The summed E-state index contributed by atoms with van der Waals surface area (Å²) in [5, 5.41) is 2.77. The van der Waals surface area contributed by atoms with Gasteiger partial charge in [-0.3, -0.25) is 9.59 Å². The van der Waals surface area contributed by atoms with Gasteiger partial charge in [0.15, 0.2) is 0 Å². The Kier molecular flexibility index (Phi) is 5.80. The minimum absolute atomic E-state index is 0.194. The molecule has 4 rings (SSSR count). The summed E-state index contributed by atoms with van der Waals surface area (Å²) in [6.07, 6.45) is 0.535. The van der Waals surface area contributed by atoms with Gasteiger partial charge in [-0.25, -0.2) is 8.78 Å². The molecule has 0 saturated carbocycles. The van der Waals surface area contributed by atoms with E-state index in [-0.39, 0.29) is 18.4 Å². The summed E-state index contributed by atoms with van der Waals surface area (Å²) in [6, 6.07) is 18.4. The fourth-order valence-corrected chi connectivity index (χ4v) is 4.13. The summed E-state index contributed by atoms with van der Waals surface area (Å²) in [6.45, 7) is 1.72. The first-order chi connectivity index (χ1) is 15.0. The van der Waals surface area contributed by atoms with E-state index in [2.05, 4.69) is 5.32 Å². The molecule has 1 N–H and O–H groups in total. The van der Waals surface area contributed by atoms with Gasteiger partial charge in [-0.2, -0.15) is 0 Å². The molecule has 158 valence electrons. The number of anilines is 1. The standard InChI is InChI=1S/C25H22F2N2O2/c1-2-20(16-6-4-3-5-7-16)25(31)29-15-23(30)28-22-13-12-19(27)14-21(22)24(29)17-8-10-18(26)11-9-17/h3-14,20,24H,2,15H2,1H3,(H,28,30)/t20-,24-/m1/s1. The van der Waals surface area contributed by atoms with Gasteiger partial charge in [0.25, 0.3) is 0 Å². The van der Waals surface area contributed by atoms with Crippen LogP contribution in [0.5, 0.6) is 0 Å². The molecule has 1 aliphatic heterocycles. The van der Waals surface area contributed by atoms with Crippen LogP contribution in [0, 0.1) is 11.6 Å². The van der Waals surface area contributed by atoms with Crippen molar-refractivity contribution < 1.29 is 18.4 Å². The van der Waals surface area contributed by atoms with Gasteiger partial charge in [-0.1, -0.05) is 49.4 Å². The molecule has 0 radical (unpaired) electrons. The van der Waals surface area contributed by atoms with E-state index in [0.29, 0.717) is 23.2 Å². The number of rotatable bonds is 4. The van der Waals surface area contributed by atoms with Gasteiger partial charge < -0.3 is 10.2 Å². The maximum atomic E-state index is 14.2. The molecule has 0 aliphatic carbocycles. The number of hydrogen-bond acceptors (Lipinski definition) is 2. The molecule has 1 aliphatic rings. The zero-order chi connectivity index (χ0) is 22.0. The maximum Gasteiger partial charge on any atom is 0.244 e. The number of nitrogens with one attached hydrogen (secondary N) is 1. The summed E-state index contributed by atoms with van der Waals surface area (Å²) in [5.41, 5.74) is 2.33. The highest BCUT2D eigenvalue weighted by Gasteiger charge is 2.36. The number of halogens is 2. The summed E-state index contributed by atoms with van der Waals surface area (Å²) in [5.74, 6) is -1.97. The van der Waals surface area contributed by atoms with E-state index in [0.717, 1.165) is 5.56 Å². The molecule has 3 aromatic carbocycles. The van der Waals surface area contributed by atoms with Crippen molar-refractivity contribution in [3.8, 4) is 0 Å². The molecule has 4 nitrogen and oxygen atoms in total. The van der Waals surface area contributed by atoms with Crippen molar-refractivity contribution in [3.05, 3.63) is 101 Å². The van der Waals surface area contributed by atoms with Crippen LogP contribution < -0.4 is 5.32 Å². The number of hydrogen-bond donors (Lipinski definition) is 1. The molecule has 0 aromatic heterocycles. The van der Waals surface area contributed by atoms with Crippen LogP contribution in [0.2, 0.25) is 0 Å². The smallest absolute Gasteiger partial charge is 0.244 e. The van der Waals surface area contributed by atoms with E-state index in [9.17, 15) is 18.4 Å². The van der Waals surface area contributed by atoms with Crippen LogP contribution in [0.1, 0.15) is 42.0 Å². The topological polar surface area (TPSA) is 49.4 Å². The highest BCUT2D eigenvalue weighted by atomic mass is 19.1. The Balaban J connectivity index is 1.86. The van der Waals surface area contributed by atoms with Crippen LogP contribution in [0.4, 0.5) is 14.5 Å². The molecule has 0 unspecified atom stereocenters. The molecular weight excluding hydrogens is 398 g/mol. The van der Waals surface area contributed by atoms with E-state index in [1.54, 1.807) is 12.1 Å². The Bertz CT molecular complexity index is 1100. The number of carbonyl (C=O) groups excluding carboxylic acids is 2. The Morgan fingerprint density at radius 2 is 1.71 bits per heavy atom. The Hall–Kier alpha value is -3.54. The lowest BCUT2D eigenvalue weighted by molar-refractivity contribution is -0.137. The first-order valence-corrected chi connectivity index (χ1v) is 10.2. The lowest BCUT2D eigenvalue weighted by Gasteiger charge is -2.33. The molecule has 0 spiro atoms. The molecule has 2 atom stereocenters.